The van der Waals surface area contributed by atoms with Gasteiger partial charge < -0.3 is 4.74 Å². The number of carbonyl (C=O) groups is 2. The van der Waals surface area contributed by atoms with Gasteiger partial charge in [-0.3, -0.25) is 20.4 Å². The lowest BCUT2D eigenvalue weighted by Gasteiger charge is -2.09. The molecule has 0 radical (unpaired) electrons. The van der Waals surface area contributed by atoms with Crippen molar-refractivity contribution in [3.05, 3.63) is 64.2 Å². The predicted octanol–water partition coefficient (Wildman–Crippen LogP) is 4.18. The van der Waals surface area contributed by atoms with Crippen LogP contribution in [0.1, 0.15) is 47.7 Å². The molecule has 0 spiro atoms. The summed E-state index contributed by atoms with van der Waals surface area (Å²) >= 11 is 6.00. The Bertz CT molecular complexity index is 760. The van der Waals surface area contributed by atoms with Crippen LogP contribution >= 0.6 is 11.6 Å². The van der Waals surface area contributed by atoms with E-state index in [9.17, 15) is 9.59 Å². The summed E-state index contributed by atoms with van der Waals surface area (Å²) in [4.78, 5) is 23.5. The van der Waals surface area contributed by atoms with Crippen molar-refractivity contribution in [3.63, 3.8) is 0 Å². The van der Waals surface area contributed by atoms with E-state index in [4.69, 9.17) is 16.3 Å². The van der Waals surface area contributed by atoms with E-state index in [0.717, 1.165) is 29.7 Å². The highest BCUT2D eigenvalue weighted by Crippen LogP contribution is 2.21. The van der Waals surface area contributed by atoms with Crippen molar-refractivity contribution in [1.82, 2.24) is 10.9 Å². The Hall–Kier alpha value is -2.53. The summed E-state index contributed by atoms with van der Waals surface area (Å²) < 4.78 is 5.73. The first-order chi connectivity index (χ1) is 12.5. The minimum Gasteiger partial charge on any atom is -0.489 e. The molecule has 0 fully saturated rings. The number of unbranched alkanes of at least 4 members (excludes halogenated alkanes) is 1. The largest absolute Gasteiger partial charge is 0.489 e. The number of rotatable bonds is 7. The van der Waals surface area contributed by atoms with Gasteiger partial charge in [0.25, 0.3) is 5.91 Å². The average Bonchev–Trinajstić information content (AvgIpc) is 2.65. The van der Waals surface area contributed by atoms with Crippen LogP contribution in [0.5, 0.6) is 5.75 Å². The minimum absolute atomic E-state index is 0.191. The average molecular weight is 375 g/mol. The van der Waals surface area contributed by atoms with E-state index in [0.29, 0.717) is 23.6 Å². The van der Waals surface area contributed by atoms with Gasteiger partial charge in [0.1, 0.15) is 12.4 Å². The van der Waals surface area contributed by atoms with Crippen LogP contribution in [0, 0.1) is 6.92 Å². The molecule has 0 unspecified atom stereocenters. The number of aryl methyl sites for hydroxylation is 1. The molecule has 0 saturated heterocycles. The highest BCUT2D eigenvalue weighted by Gasteiger charge is 2.07. The molecule has 0 aliphatic carbocycles. The first-order valence-electron chi connectivity index (χ1n) is 8.56. The molecule has 2 aromatic rings. The van der Waals surface area contributed by atoms with Gasteiger partial charge >= 0.3 is 0 Å². The molecule has 26 heavy (non-hydrogen) atoms. The van der Waals surface area contributed by atoms with Crippen LogP contribution in [0.15, 0.2) is 42.5 Å². The highest BCUT2D eigenvalue weighted by atomic mass is 35.5. The fraction of sp³-hybridized carbons (Fsp3) is 0.300. The summed E-state index contributed by atoms with van der Waals surface area (Å²) in [6.45, 7) is 4.31. The van der Waals surface area contributed by atoms with Gasteiger partial charge in [-0.1, -0.05) is 37.1 Å². The van der Waals surface area contributed by atoms with E-state index >= 15 is 0 Å². The molecule has 138 valence electrons. The highest BCUT2D eigenvalue weighted by molar-refractivity contribution is 6.31. The summed E-state index contributed by atoms with van der Waals surface area (Å²) in [5.74, 6) is 0.197. The molecule has 6 heteroatoms. The summed E-state index contributed by atoms with van der Waals surface area (Å²) in [6, 6.07) is 12.5. The Balaban J connectivity index is 1.84. The molecular formula is C20H23ClN2O3. The molecule has 0 aromatic heterocycles. The van der Waals surface area contributed by atoms with Crippen molar-refractivity contribution in [2.45, 2.75) is 39.7 Å². The third-order valence-electron chi connectivity index (χ3n) is 3.82. The molecule has 0 bridgehead atoms. The summed E-state index contributed by atoms with van der Waals surface area (Å²) in [7, 11) is 0. The minimum atomic E-state index is -0.351. The van der Waals surface area contributed by atoms with E-state index < -0.39 is 0 Å². The van der Waals surface area contributed by atoms with Crippen LogP contribution in [0.4, 0.5) is 0 Å². The number of hydrogen-bond acceptors (Lipinski definition) is 3. The maximum absolute atomic E-state index is 12.0. The molecule has 2 rings (SSSR count). The zero-order valence-corrected chi connectivity index (χ0v) is 15.7. The predicted molar refractivity (Wildman–Crippen MR) is 102 cm³/mol. The molecule has 2 N–H and O–H groups in total. The summed E-state index contributed by atoms with van der Waals surface area (Å²) in [5, 5.41) is 0.703. The Morgan fingerprint density at radius 3 is 2.46 bits per heavy atom. The number of halogens is 1. The smallest absolute Gasteiger partial charge is 0.269 e. The van der Waals surface area contributed by atoms with Gasteiger partial charge in [-0.25, -0.2) is 0 Å². The van der Waals surface area contributed by atoms with E-state index in [2.05, 4.69) is 10.9 Å². The maximum Gasteiger partial charge on any atom is 0.269 e. The molecule has 2 aromatic carbocycles. The normalized spacial score (nSPS) is 10.3. The SMILES string of the molecule is CCCCC(=O)NNC(=O)c1ccc(COc2ccc(Cl)c(C)c2)cc1. The maximum atomic E-state index is 12.0. The lowest BCUT2D eigenvalue weighted by molar-refractivity contribution is -0.121. The molecule has 0 aliphatic heterocycles. The summed E-state index contributed by atoms with van der Waals surface area (Å²) in [6.07, 6.45) is 2.13. The monoisotopic (exact) mass is 374 g/mol. The van der Waals surface area contributed by atoms with Crippen molar-refractivity contribution >= 4 is 23.4 Å². The molecule has 2 amide bonds. The van der Waals surface area contributed by atoms with Gasteiger partial charge in [-0.05, 0) is 54.8 Å². The number of carbonyl (C=O) groups excluding carboxylic acids is 2. The second-order valence-corrected chi connectivity index (χ2v) is 6.41. The van der Waals surface area contributed by atoms with Gasteiger partial charge in [0.15, 0.2) is 0 Å². The Labute approximate surface area is 158 Å². The Morgan fingerprint density at radius 2 is 1.81 bits per heavy atom. The van der Waals surface area contributed by atoms with Crippen LogP contribution in [0.3, 0.4) is 0 Å². The van der Waals surface area contributed by atoms with Crippen molar-refractivity contribution < 1.29 is 14.3 Å². The zero-order chi connectivity index (χ0) is 18.9. The van der Waals surface area contributed by atoms with Crippen molar-refractivity contribution in [3.8, 4) is 5.75 Å². The molecule has 5 nitrogen and oxygen atoms in total. The zero-order valence-electron chi connectivity index (χ0n) is 15.0. The molecular weight excluding hydrogens is 352 g/mol. The fourth-order valence-corrected chi connectivity index (χ4v) is 2.34. The molecule has 0 atom stereocenters. The van der Waals surface area contributed by atoms with Gasteiger partial charge in [0.05, 0.1) is 0 Å². The van der Waals surface area contributed by atoms with Crippen LogP contribution in [0.2, 0.25) is 5.02 Å². The Kier molecular flexibility index (Phi) is 7.48. The Morgan fingerprint density at radius 1 is 1.08 bits per heavy atom. The van der Waals surface area contributed by atoms with Gasteiger partial charge in [0, 0.05) is 17.0 Å². The van der Waals surface area contributed by atoms with Crippen molar-refractivity contribution in [2.75, 3.05) is 0 Å². The van der Waals surface area contributed by atoms with E-state index in [1.807, 2.05) is 38.1 Å². The number of hydrogen-bond donors (Lipinski definition) is 2. The third-order valence-corrected chi connectivity index (χ3v) is 4.25. The van der Waals surface area contributed by atoms with Crippen molar-refractivity contribution in [2.24, 2.45) is 0 Å². The van der Waals surface area contributed by atoms with Gasteiger partial charge in [0.2, 0.25) is 5.91 Å². The van der Waals surface area contributed by atoms with E-state index in [1.54, 1.807) is 18.2 Å². The lowest BCUT2D eigenvalue weighted by atomic mass is 10.1. The van der Waals surface area contributed by atoms with Crippen LogP contribution in [0.25, 0.3) is 0 Å². The topological polar surface area (TPSA) is 67.4 Å². The van der Waals surface area contributed by atoms with Crippen LogP contribution in [-0.4, -0.2) is 11.8 Å². The van der Waals surface area contributed by atoms with E-state index in [1.165, 1.54) is 0 Å². The summed E-state index contributed by atoms with van der Waals surface area (Å²) in [5.41, 5.74) is 7.18. The second kappa shape index (κ2) is 9.82. The van der Waals surface area contributed by atoms with Crippen LogP contribution in [-0.2, 0) is 11.4 Å². The van der Waals surface area contributed by atoms with Crippen molar-refractivity contribution in [1.29, 1.82) is 0 Å². The number of amides is 2. The van der Waals surface area contributed by atoms with Gasteiger partial charge in [-0.2, -0.15) is 0 Å². The third kappa shape index (κ3) is 6.08. The number of ether oxygens (including phenoxy) is 1. The van der Waals surface area contributed by atoms with Crippen LogP contribution < -0.4 is 15.6 Å². The fourth-order valence-electron chi connectivity index (χ4n) is 2.22. The second-order valence-electron chi connectivity index (χ2n) is 6.00. The quantitative estimate of drug-likeness (QED) is 0.714. The first kappa shape index (κ1) is 19.8. The molecule has 0 heterocycles. The van der Waals surface area contributed by atoms with Gasteiger partial charge in [-0.15, -0.1) is 0 Å². The molecule has 0 saturated carbocycles. The standard InChI is InChI=1S/C20H23ClN2O3/c1-3-4-5-19(24)22-23-20(25)16-8-6-15(7-9-16)13-26-17-10-11-18(21)14(2)12-17/h6-12H,3-5,13H2,1-2H3,(H,22,24)(H,23,25). The molecule has 0 aliphatic rings. The van der Waals surface area contributed by atoms with E-state index in [-0.39, 0.29) is 11.8 Å². The number of hydrazine groups is 1. The lowest BCUT2D eigenvalue weighted by Crippen LogP contribution is -2.41. The number of benzene rings is 2. The first-order valence-corrected chi connectivity index (χ1v) is 8.94. The number of nitrogens with one attached hydrogen (secondary N) is 2.